The van der Waals surface area contributed by atoms with Crippen molar-refractivity contribution in [3.05, 3.63) is 72.6 Å². The maximum atomic E-state index is 12.8. The van der Waals surface area contributed by atoms with Crippen molar-refractivity contribution < 1.29 is 29.3 Å². The van der Waals surface area contributed by atoms with E-state index >= 15 is 0 Å². The minimum Gasteiger partial charge on any atom is -0.444 e. The van der Waals surface area contributed by atoms with Crippen LogP contribution >= 0.6 is 0 Å². The Morgan fingerprint density at radius 1 is 0.646 bits per heavy atom. The van der Waals surface area contributed by atoms with Crippen molar-refractivity contribution in [3.8, 4) is 33.6 Å². The monoisotopic (exact) mass is 656 g/mol. The van der Waals surface area contributed by atoms with Crippen LogP contribution < -0.4 is 0 Å². The van der Waals surface area contributed by atoms with E-state index in [1.165, 1.54) is 9.80 Å². The van der Waals surface area contributed by atoms with Gasteiger partial charge in [0.1, 0.15) is 22.9 Å². The van der Waals surface area contributed by atoms with Crippen LogP contribution in [-0.4, -0.2) is 88.6 Å². The number of hydrogen-bond donors (Lipinski definition) is 4. The predicted octanol–water partition coefficient (Wildman–Crippen LogP) is 6.22. The Balaban J connectivity index is 1.12. The topological polar surface area (TPSA) is 157 Å². The van der Waals surface area contributed by atoms with Crippen LogP contribution in [0.15, 0.2) is 60.9 Å². The molecule has 2 aromatic heterocycles. The van der Waals surface area contributed by atoms with Crippen LogP contribution in [-0.2, 0) is 9.47 Å². The highest BCUT2D eigenvalue weighted by molar-refractivity contribution is 5.72. The molecule has 2 amide bonds. The Morgan fingerprint density at radius 3 is 1.31 bits per heavy atom. The van der Waals surface area contributed by atoms with Crippen LogP contribution in [0.4, 0.5) is 9.59 Å². The summed E-state index contributed by atoms with van der Waals surface area (Å²) in [6.45, 7) is 11.3. The number of imidazole rings is 2. The maximum Gasteiger partial charge on any atom is 0.411 e. The lowest BCUT2D eigenvalue weighted by Gasteiger charge is -2.27. The van der Waals surface area contributed by atoms with E-state index in [-0.39, 0.29) is 13.1 Å². The van der Waals surface area contributed by atoms with E-state index in [1.807, 2.05) is 90.1 Å². The van der Waals surface area contributed by atoms with E-state index in [0.717, 1.165) is 33.6 Å². The number of ether oxygens (including phenoxy) is 2. The summed E-state index contributed by atoms with van der Waals surface area (Å²) in [5.74, 6) is 1.21. The number of amides is 2. The summed E-state index contributed by atoms with van der Waals surface area (Å²) in [6, 6.07) is 15.4. The minimum atomic E-state index is -0.645. The second-order valence-corrected chi connectivity index (χ2v) is 14.6. The lowest BCUT2D eigenvalue weighted by atomic mass is 10.0. The molecule has 4 aromatic rings. The fourth-order valence-corrected chi connectivity index (χ4v) is 6.18. The van der Waals surface area contributed by atoms with Gasteiger partial charge in [-0.25, -0.2) is 19.6 Å². The first-order valence-corrected chi connectivity index (χ1v) is 16.3. The molecule has 2 aliphatic rings. The van der Waals surface area contributed by atoms with Crippen molar-refractivity contribution in [3.63, 3.8) is 0 Å². The van der Waals surface area contributed by atoms with Crippen molar-refractivity contribution in [1.82, 2.24) is 29.7 Å². The van der Waals surface area contributed by atoms with Gasteiger partial charge in [-0.1, -0.05) is 48.5 Å². The number of nitrogens with one attached hydrogen (secondary N) is 2. The molecular weight excluding hydrogens is 612 g/mol. The Morgan fingerprint density at radius 2 is 0.979 bits per heavy atom. The number of β-amino-alcohol motifs (C(OH)–C–C–N with tert-alkyl or cyclic N) is 2. The number of nitrogens with zero attached hydrogens (tertiary/aromatic N) is 4. The van der Waals surface area contributed by atoms with E-state index in [9.17, 15) is 19.8 Å². The first-order valence-electron chi connectivity index (χ1n) is 16.3. The summed E-state index contributed by atoms with van der Waals surface area (Å²) in [4.78, 5) is 44.5. The van der Waals surface area contributed by atoms with Gasteiger partial charge in [-0.3, -0.25) is 9.80 Å². The van der Waals surface area contributed by atoms with Gasteiger partial charge < -0.3 is 29.7 Å². The molecule has 254 valence electrons. The van der Waals surface area contributed by atoms with Crippen molar-refractivity contribution in [1.29, 1.82) is 0 Å². The van der Waals surface area contributed by atoms with Crippen molar-refractivity contribution in [2.45, 2.75) is 89.9 Å². The molecule has 0 saturated carbocycles. The summed E-state index contributed by atoms with van der Waals surface area (Å²) >= 11 is 0. The molecule has 4 heterocycles. The highest BCUT2D eigenvalue weighted by Crippen LogP contribution is 2.35. The van der Waals surface area contributed by atoms with E-state index in [0.29, 0.717) is 24.5 Å². The van der Waals surface area contributed by atoms with Gasteiger partial charge in [-0.15, -0.1) is 0 Å². The number of carbonyl (C=O) groups excluding carboxylic acids is 2. The number of H-pyrrole nitrogens is 2. The third kappa shape index (κ3) is 7.39. The van der Waals surface area contributed by atoms with E-state index in [2.05, 4.69) is 19.9 Å². The molecule has 0 unspecified atom stereocenters. The number of aromatic amines is 2. The molecule has 4 N–H and O–H groups in total. The lowest BCUT2D eigenvalue weighted by molar-refractivity contribution is 0.0192. The average molecular weight is 657 g/mol. The van der Waals surface area contributed by atoms with Gasteiger partial charge in [-0.2, -0.15) is 0 Å². The third-order valence-electron chi connectivity index (χ3n) is 8.36. The number of likely N-dealkylation sites (tertiary alicyclic amines) is 2. The minimum absolute atomic E-state index is 0.196. The number of aliphatic hydroxyl groups is 2. The van der Waals surface area contributed by atoms with Gasteiger partial charge in [-0.05, 0) is 63.8 Å². The molecule has 12 nitrogen and oxygen atoms in total. The summed E-state index contributed by atoms with van der Waals surface area (Å²) in [5.41, 5.74) is 4.32. The number of carbonyl (C=O) groups is 2. The summed E-state index contributed by atoms with van der Waals surface area (Å²) < 4.78 is 11.1. The van der Waals surface area contributed by atoms with Crippen LogP contribution in [0.2, 0.25) is 0 Å². The predicted molar refractivity (Wildman–Crippen MR) is 180 cm³/mol. The van der Waals surface area contributed by atoms with Gasteiger partial charge in [0, 0.05) is 12.8 Å². The van der Waals surface area contributed by atoms with Crippen LogP contribution in [0.25, 0.3) is 33.6 Å². The second kappa shape index (κ2) is 12.7. The zero-order chi connectivity index (χ0) is 34.4. The first-order chi connectivity index (χ1) is 22.6. The van der Waals surface area contributed by atoms with Crippen LogP contribution in [0.1, 0.15) is 78.1 Å². The molecular formula is C36H44N6O6. The smallest absolute Gasteiger partial charge is 0.411 e. The highest BCUT2D eigenvalue weighted by Gasteiger charge is 2.40. The number of aromatic nitrogens is 4. The fraction of sp³-hybridized carbons (Fsp3) is 0.444. The Bertz CT molecular complexity index is 1620. The van der Waals surface area contributed by atoms with Crippen LogP contribution in [0, 0.1) is 0 Å². The molecule has 2 fully saturated rings. The van der Waals surface area contributed by atoms with Crippen molar-refractivity contribution in [2.24, 2.45) is 0 Å². The average Bonchev–Trinajstić information content (AvgIpc) is 3.81. The standard InChI is InChI=1S/C36H44N6O6/c1-35(2,3)47-33(45)41-19-25(43)15-29(41)31-37-17-27(39-31)23-11-7-21(8-12-23)22-9-13-24(14-10-22)28-18-38-32(40-28)30-16-26(44)20-42(30)34(46)48-36(4,5)6/h7-14,17-18,25-26,29-30,43-44H,15-16,19-20H2,1-6H3,(H,37,39)(H,38,40)/t25-,26-,29+,30+/m1/s1. The summed E-state index contributed by atoms with van der Waals surface area (Å²) in [7, 11) is 0. The number of aliphatic hydroxyl groups excluding tert-OH is 2. The molecule has 0 aliphatic carbocycles. The third-order valence-corrected chi connectivity index (χ3v) is 8.36. The molecule has 2 aliphatic heterocycles. The summed E-state index contributed by atoms with van der Waals surface area (Å²) in [5, 5.41) is 20.6. The SMILES string of the molecule is CC(C)(C)OC(=O)N1C[C@H](O)C[C@H]1c1ncc(-c2ccc(-c3ccc(-c4cnc([C@@H]5C[C@@H](O)CN5C(=O)OC(C)(C)C)[nH]4)cc3)cc2)[nH]1. The van der Waals surface area contributed by atoms with Crippen LogP contribution in [0.5, 0.6) is 0 Å². The Labute approximate surface area is 280 Å². The van der Waals surface area contributed by atoms with E-state index in [4.69, 9.17) is 9.47 Å². The van der Waals surface area contributed by atoms with E-state index in [1.54, 1.807) is 12.4 Å². The normalized spacial score (nSPS) is 21.5. The summed E-state index contributed by atoms with van der Waals surface area (Å²) in [6.07, 6.45) is 2.03. The zero-order valence-electron chi connectivity index (χ0n) is 28.2. The molecule has 4 atom stereocenters. The lowest BCUT2D eigenvalue weighted by Crippen LogP contribution is -2.37. The van der Waals surface area contributed by atoms with Crippen molar-refractivity contribution >= 4 is 12.2 Å². The van der Waals surface area contributed by atoms with Gasteiger partial charge in [0.15, 0.2) is 0 Å². The van der Waals surface area contributed by atoms with Gasteiger partial charge >= 0.3 is 12.2 Å². The van der Waals surface area contributed by atoms with Crippen molar-refractivity contribution in [2.75, 3.05) is 13.1 Å². The molecule has 12 heteroatoms. The number of benzene rings is 2. The zero-order valence-corrected chi connectivity index (χ0v) is 28.2. The molecule has 0 spiro atoms. The quantitative estimate of drug-likeness (QED) is 0.197. The maximum absolute atomic E-state index is 12.8. The molecule has 0 bridgehead atoms. The molecule has 0 radical (unpaired) electrons. The van der Waals surface area contributed by atoms with Crippen LogP contribution in [0.3, 0.4) is 0 Å². The Kier molecular flexibility index (Phi) is 8.82. The molecule has 2 aromatic carbocycles. The van der Waals surface area contributed by atoms with Gasteiger partial charge in [0.05, 0.1) is 61.2 Å². The second-order valence-electron chi connectivity index (χ2n) is 14.6. The molecule has 6 rings (SSSR count). The number of rotatable bonds is 5. The van der Waals surface area contributed by atoms with E-state index < -0.39 is 47.7 Å². The Hall–Kier alpha value is -4.68. The fourth-order valence-electron chi connectivity index (χ4n) is 6.18. The first kappa shape index (κ1) is 33.2. The van der Waals surface area contributed by atoms with Gasteiger partial charge in [0.2, 0.25) is 0 Å². The molecule has 48 heavy (non-hydrogen) atoms. The largest absolute Gasteiger partial charge is 0.444 e. The highest BCUT2D eigenvalue weighted by atomic mass is 16.6. The number of hydrogen-bond acceptors (Lipinski definition) is 8. The molecule has 2 saturated heterocycles. The van der Waals surface area contributed by atoms with Gasteiger partial charge in [0.25, 0.3) is 0 Å².